The fourth-order valence-corrected chi connectivity index (χ4v) is 2.65. The van der Waals surface area contributed by atoms with E-state index >= 15 is 0 Å². The Morgan fingerprint density at radius 1 is 1.30 bits per heavy atom. The van der Waals surface area contributed by atoms with E-state index in [1.807, 2.05) is 12.1 Å². The molecule has 5 nitrogen and oxygen atoms in total. The van der Waals surface area contributed by atoms with Gasteiger partial charge in [-0.15, -0.1) is 0 Å². The van der Waals surface area contributed by atoms with Gasteiger partial charge in [-0.3, -0.25) is 14.8 Å². The van der Waals surface area contributed by atoms with Gasteiger partial charge in [-0.2, -0.15) is 0 Å². The fraction of sp³-hybridized carbons (Fsp3) is 0.176. The molecule has 2 aromatic rings. The minimum Gasteiger partial charge on any atom is -0.315 e. The average Bonchev–Trinajstić information content (AvgIpc) is 2.55. The second kappa shape index (κ2) is 8.45. The van der Waals surface area contributed by atoms with Crippen LogP contribution in [-0.4, -0.2) is 15.7 Å². The van der Waals surface area contributed by atoms with Crippen LogP contribution in [0.5, 0.6) is 0 Å². The minimum atomic E-state index is -0.672. The zero-order valence-electron chi connectivity index (χ0n) is 12.4. The molecule has 1 amide bonds. The molecule has 1 aromatic carbocycles. The van der Waals surface area contributed by atoms with Gasteiger partial charge in [0.05, 0.1) is 0 Å². The van der Waals surface area contributed by atoms with Crippen molar-refractivity contribution in [3.63, 3.8) is 0 Å². The predicted molar refractivity (Wildman–Crippen MR) is 92.1 cm³/mol. The van der Waals surface area contributed by atoms with Gasteiger partial charge in [0.2, 0.25) is 0 Å². The summed E-state index contributed by atoms with van der Waals surface area (Å²) in [6, 6.07) is 11.5. The number of carbonyl (C=O) groups excluding carboxylic acids is 1. The number of hydroxylamine groups is 1. The van der Waals surface area contributed by atoms with Gasteiger partial charge in [0.25, 0.3) is 11.5 Å². The Hall–Kier alpha value is -2.18. The minimum absolute atomic E-state index is 0.163. The van der Waals surface area contributed by atoms with Crippen molar-refractivity contribution in [3.8, 4) is 0 Å². The monoisotopic (exact) mass is 376 g/mol. The number of nitrogens with one attached hydrogen (secondary N) is 1. The van der Waals surface area contributed by atoms with Gasteiger partial charge >= 0.3 is 0 Å². The number of rotatable bonds is 6. The number of aromatic nitrogens is 1. The van der Waals surface area contributed by atoms with E-state index in [4.69, 9.17) is 5.21 Å². The Balaban J connectivity index is 2.02. The van der Waals surface area contributed by atoms with E-state index in [1.54, 1.807) is 22.9 Å². The van der Waals surface area contributed by atoms with Crippen molar-refractivity contribution in [2.75, 3.05) is 0 Å². The maximum atomic E-state index is 12.3. The van der Waals surface area contributed by atoms with Crippen molar-refractivity contribution < 1.29 is 10.0 Å². The normalized spacial score (nSPS) is 10.9. The van der Waals surface area contributed by atoms with Crippen LogP contribution in [0, 0.1) is 0 Å². The Labute approximate surface area is 142 Å². The third kappa shape index (κ3) is 5.19. The van der Waals surface area contributed by atoms with E-state index in [9.17, 15) is 9.59 Å². The third-order valence-electron chi connectivity index (χ3n) is 3.33. The molecule has 0 radical (unpaired) electrons. The molecule has 0 bridgehead atoms. The lowest BCUT2D eigenvalue weighted by Crippen LogP contribution is -2.22. The van der Waals surface area contributed by atoms with E-state index in [-0.39, 0.29) is 5.56 Å². The van der Waals surface area contributed by atoms with Crippen molar-refractivity contribution in [1.29, 1.82) is 0 Å². The van der Waals surface area contributed by atoms with Gasteiger partial charge < -0.3 is 4.57 Å². The molecule has 23 heavy (non-hydrogen) atoms. The smallest absolute Gasteiger partial charge is 0.267 e. The maximum absolute atomic E-state index is 12.3. The second-order valence-electron chi connectivity index (χ2n) is 5.00. The molecular formula is C17H17BrN2O3. The third-order valence-corrected chi connectivity index (χ3v) is 3.82. The number of benzene rings is 1. The number of carbonyl (C=O) groups is 1. The van der Waals surface area contributed by atoms with E-state index in [2.05, 4.69) is 28.1 Å². The zero-order chi connectivity index (χ0) is 16.7. The molecule has 1 aromatic heterocycles. The molecule has 0 fully saturated rings. The van der Waals surface area contributed by atoms with Crippen LogP contribution in [-0.2, 0) is 17.8 Å². The topological polar surface area (TPSA) is 71.3 Å². The van der Waals surface area contributed by atoms with Crippen LogP contribution in [0.1, 0.15) is 17.5 Å². The molecule has 0 saturated heterocycles. The summed E-state index contributed by atoms with van der Waals surface area (Å²) in [7, 11) is 0. The highest BCUT2D eigenvalue weighted by atomic mass is 79.9. The number of pyridine rings is 1. The first-order chi connectivity index (χ1) is 11.1. The van der Waals surface area contributed by atoms with Crippen molar-refractivity contribution >= 4 is 27.9 Å². The van der Waals surface area contributed by atoms with Crippen LogP contribution in [0.15, 0.2) is 57.9 Å². The summed E-state index contributed by atoms with van der Waals surface area (Å²) in [5.74, 6) is -0.672. The lowest BCUT2D eigenvalue weighted by Gasteiger charge is -2.07. The van der Waals surface area contributed by atoms with Gasteiger partial charge in [0.1, 0.15) is 0 Å². The predicted octanol–water partition coefficient (Wildman–Crippen LogP) is 2.76. The molecule has 0 spiro atoms. The lowest BCUT2D eigenvalue weighted by molar-refractivity contribution is -0.124. The summed E-state index contributed by atoms with van der Waals surface area (Å²) in [6.07, 6.45) is 5.94. The molecule has 0 aliphatic rings. The number of aryl methyl sites for hydroxylation is 2. The van der Waals surface area contributed by atoms with Crippen molar-refractivity contribution in [3.05, 3.63) is 74.6 Å². The molecule has 2 rings (SSSR count). The Morgan fingerprint density at radius 3 is 2.87 bits per heavy atom. The standard InChI is InChI=1S/C17H17BrN2O3/c18-15-7-1-4-13(12-15)5-2-10-20-11-3-6-14(17(20)22)8-9-16(21)19-23/h1,3-4,6-9,11-12,23H,2,5,10H2,(H,19,21)/b9-8+. The van der Waals surface area contributed by atoms with Gasteiger partial charge in [0.15, 0.2) is 0 Å². The number of nitrogens with zero attached hydrogens (tertiary/aromatic N) is 1. The quantitative estimate of drug-likeness (QED) is 0.462. The van der Waals surface area contributed by atoms with E-state index < -0.39 is 5.91 Å². The SMILES string of the molecule is O=C(/C=C/c1cccn(CCCc2cccc(Br)c2)c1=O)NO. The summed E-state index contributed by atoms with van der Waals surface area (Å²) < 4.78 is 2.66. The van der Waals surface area contributed by atoms with Crippen LogP contribution in [0.3, 0.4) is 0 Å². The fourth-order valence-electron chi connectivity index (χ4n) is 2.21. The van der Waals surface area contributed by atoms with Crippen LogP contribution in [0.25, 0.3) is 6.08 Å². The molecule has 6 heteroatoms. The van der Waals surface area contributed by atoms with E-state index in [0.29, 0.717) is 12.1 Å². The first-order valence-electron chi connectivity index (χ1n) is 7.16. The summed E-state index contributed by atoms with van der Waals surface area (Å²) in [5, 5.41) is 8.44. The summed E-state index contributed by atoms with van der Waals surface area (Å²) in [4.78, 5) is 23.3. The first kappa shape index (κ1) is 17.2. The molecule has 0 atom stereocenters. The zero-order valence-corrected chi connectivity index (χ0v) is 14.0. The molecule has 0 aliphatic carbocycles. The van der Waals surface area contributed by atoms with Crippen LogP contribution < -0.4 is 11.0 Å². The van der Waals surface area contributed by atoms with Crippen LogP contribution >= 0.6 is 15.9 Å². The number of hydrogen-bond donors (Lipinski definition) is 2. The second-order valence-corrected chi connectivity index (χ2v) is 5.92. The molecule has 0 saturated carbocycles. The molecule has 1 heterocycles. The maximum Gasteiger partial charge on any atom is 0.267 e. The molecule has 0 aliphatic heterocycles. The number of halogens is 1. The highest BCUT2D eigenvalue weighted by Gasteiger charge is 2.02. The van der Waals surface area contributed by atoms with Gasteiger partial charge in [-0.05, 0) is 48.7 Å². The van der Waals surface area contributed by atoms with Crippen LogP contribution in [0.2, 0.25) is 0 Å². The van der Waals surface area contributed by atoms with Crippen molar-refractivity contribution in [1.82, 2.24) is 10.0 Å². The molecule has 120 valence electrons. The molecule has 0 unspecified atom stereocenters. The van der Waals surface area contributed by atoms with Gasteiger partial charge in [-0.25, -0.2) is 5.48 Å². The van der Waals surface area contributed by atoms with Gasteiger partial charge in [0, 0.05) is 28.9 Å². The largest absolute Gasteiger partial charge is 0.315 e. The molecule has 2 N–H and O–H groups in total. The first-order valence-corrected chi connectivity index (χ1v) is 7.95. The van der Waals surface area contributed by atoms with Crippen molar-refractivity contribution in [2.45, 2.75) is 19.4 Å². The summed E-state index contributed by atoms with van der Waals surface area (Å²) >= 11 is 3.44. The highest BCUT2D eigenvalue weighted by Crippen LogP contribution is 2.13. The van der Waals surface area contributed by atoms with E-state index in [0.717, 1.165) is 23.4 Å². The Kier molecular flexibility index (Phi) is 6.31. The summed E-state index contributed by atoms with van der Waals surface area (Å²) in [6.45, 7) is 0.596. The molecular weight excluding hydrogens is 360 g/mol. The Bertz CT molecular complexity index is 768. The average molecular weight is 377 g/mol. The van der Waals surface area contributed by atoms with Gasteiger partial charge in [-0.1, -0.05) is 28.1 Å². The van der Waals surface area contributed by atoms with Crippen LogP contribution in [0.4, 0.5) is 0 Å². The van der Waals surface area contributed by atoms with E-state index in [1.165, 1.54) is 17.1 Å². The van der Waals surface area contributed by atoms with Crippen molar-refractivity contribution in [2.24, 2.45) is 0 Å². The number of hydrogen-bond acceptors (Lipinski definition) is 3. The lowest BCUT2D eigenvalue weighted by atomic mass is 10.1. The highest BCUT2D eigenvalue weighted by molar-refractivity contribution is 9.10. The summed E-state index contributed by atoms with van der Waals surface area (Å²) in [5.41, 5.74) is 2.94. The Morgan fingerprint density at radius 2 is 2.13 bits per heavy atom. The number of amides is 1.